The fraction of sp³-hybridized carbons (Fsp3) is 0.714. The number of rotatable bonds is 6. The van der Waals surface area contributed by atoms with Gasteiger partial charge in [0, 0.05) is 11.7 Å². The van der Waals surface area contributed by atoms with Crippen LogP contribution in [0.25, 0.3) is 0 Å². The van der Waals surface area contributed by atoms with Gasteiger partial charge in [0.25, 0.3) is 0 Å². The number of nitrogens with one attached hydrogen (secondary N) is 1. The zero-order valence-corrected chi connectivity index (χ0v) is 12.2. The molecule has 0 radical (unpaired) electrons. The second kappa shape index (κ2) is 6.57. The highest BCUT2D eigenvalue weighted by molar-refractivity contribution is 5.76. The lowest BCUT2D eigenvalue weighted by molar-refractivity contribution is -0.122. The Labute approximate surface area is 110 Å². The molecule has 0 aliphatic heterocycles. The molecule has 0 spiro atoms. The number of carbonyl (C=O) groups excluding carboxylic acids is 1. The van der Waals surface area contributed by atoms with E-state index >= 15 is 0 Å². The Balaban J connectivity index is 2.39. The molecule has 0 unspecified atom stereocenters. The molecule has 0 fully saturated rings. The lowest BCUT2D eigenvalue weighted by atomic mass is 10.0. The van der Waals surface area contributed by atoms with Gasteiger partial charge in [-0.3, -0.25) is 9.48 Å². The van der Waals surface area contributed by atoms with E-state index in [1.807, 2.05) is 19.9 Å². The third-order valence-corrected chi connectivity index (χ3v) is 2.98. The molecule has 1 aromatic heterocycles. The van der Waals surface area contributed by atoms with E-state index in [1.165, 1.54) is 0 Å². The van der Waals surface area contributed by atoms with Crippen molar-refractivity contribution >= 4 is 5.91 Å². The minimum atomic E-state index is 0.0393. The summed E-state index contributed by atoms with van der Waals surface area (Å²) in [7, 11) is 0. The normalized spacial score (nSPS) is 12.8. The summed E-state index contributed by atoms with van der Waals surface area (Å²) >= 11 is 0. The van der Waals surface area contributed by atoms with E-state index in [2.05, 4.69) is 31.2 Å². The third kappa shape index (κ3) is 4.90. The van der Waals surface area contributed by atoms with Crippen molar-refractivity contribution in [2.24, 2.45) is 5.92 Å². The lowest BCUT2D eigenvalue weighted by Crippen LogP contribution is -2.35. The first-order valence-corrected chi connectivity index (χ1v) is 6.69. The first kappa shape index (κ1) is 14.7. The highest BCUT2D eigenvalue weighted by Gasteiger charge is 2.10. The van der Waals surface area contributed by atoms with Gasteiger partial charge in [-0.1, -0.05) is 13.8 Å². The van der Waals surface area contributed by atoms with Crippen LogP contribution in [-0.2, 0) is 11.3 Å². The number of aromatic nitrogens is 2. The fourth-order valence-corrected chi connectivity index (χ4v) is 1.95. The van der Waals surface area contributed by atoms with Crippen molar-refractivity contribution in [2.45, 2.75) is 60.0 Å². The van der Waals surface area contributed by atoms with Gasteiger partial charge in [0.1, 0.15) is 6.54 Å². The quantitative estimate of drug-likeness (QED) is 0.844. The Bertz CT molecular complexity index is 396. The van der Waals surface area contributed by atoms with Crippen molar-refractivity contribution in [3.05, 3.63) is 17.5 Å². The van der Waals surface area contributed by atoms with Crippen LogP contribution in [0.5, 0.6) is 0 Å². The summed E-state index contributed by atoms with van der Waals surface area (Å²) in [5.41, 5.74) is 1.98. The van der Waals surface area contributed by atoms with Gasteiger partial charge in [-0.15, -0.1) is 0 Å². The van der Waals surface area contributed by atoms with Gasteiger partial charge < -0.3 is 5.32 Å². The van der Waals surface area contributed by atoms with E-state index in [1.54, 1.807) is 4.68 Å². The molecular weight excluding hydrogens is 226 g/mol. The van der Waals surface area contributed by atoms with Crippen molar-refractivity contribution in [1.82, 2.24) is 15.1 Å². The zero-order chi connectivity index (χ0) is 13.7. The molecule has 18 heavy (non-hydrogen) atoms. The number of carbonyl (C=O) groups is 1. The molecule has 102 valence electrons. The monoisotopic (exact) mass is 251 g/mol. The molecule has 1 rings (SSSR count). The Kier molecular flexibility index (Phi) is 5.38. The summed E-state index contributed by atoms with van der Waals surface area (Å²) in [5.74, 6) is 0.720. The van der Waals surface area contributed by atoms with Crippen LogP contribution in [0, 0.1) is 19.8 Å². The summed E-state index contributed by atoms with van der Waals surface area (Å²) in [6, 6.07) is 2.21. The lowest BCUT2D eigenvalue weighted by Gasteiger charge is -2.15. The van der Waals surface area contributed by atoms with Crippen LogP contribution in [0.4, 0.5) is 0 Å². The summed E-state index contributed by atoms with van der Waals surface area (Å²) in [5, 5.41) is 7.31. The second-order valence-electron chi connectivity index (χ2n) is 5.52. The van der Waals surface area contributed by atoms with E-state index < -0.39 is 0 Å². The van der Waals surface area contributed by atoms with Crippen molar-refractivity contribution in [1.29, 1.82) is 0 Å². The highest BCUT2D eigenvalue weighted by atomic mass is 16.2. The van der Waals surface area contributed by atoms with Crippen LogP contribution < -0.4 is 5.32 Å². The minimum absolute atomic E-state index is 0.0393. The maximum Gasteiger partial charge on any atom is 0.241 e. The minimum Gasteiger partial charge on any atom is -0.352 e. The predicted molar refractivity (Wildman–Crippen MR) is 73.4 cm³/mol. The standard InChI is InChI=1S/C14H25N3O/c1-10(2)6-7-11(3)15-14(18)9-17-13(5)8-12(4)16-17/h8,10-11H,6-7,9H2,1-5H3,(H,15,18)/t11-/m0/s1. The van der Waals surface area contributed by atoms with E-state index in [4.69, 9.17) is 0 Å². The van der Waals surface area contributed by atoms with Crippen molar-refractivity contribution < 1.29 is 4.79 Å². The average Bonchev–Trinajstić information content (AvgIpc) is 2.54. The molecule has 0 aliphatic carbocycles. The first-order chi connectivity index (χ1) is 8.38. The van der Waals surface area contributed by atoms with Crippen LogP contribution in [0.15, 0.2) is 6.07 Å². The van der Waals surface area contributed by atoms with Crippen molar-refractivity contribution in [3.63, 3.8) is 0 Å². The van der Waals surface area contributed by atoms with Crippen LogP contribution >= 0.6 is 0 Å². The van der Waals surface area contributed by atoms with Gasteiger partial charge in [0.2, 0.25) is 5.91 Å². The van der Waals surface area contributed by atoms with Gasteiger partial charge in [0.15, 0.2) is 0 Å². The van der Waals surface area contributed by atoms with E-state index in [0.29, 0.717) is 12.5 Å². The average molecular weight is 251 g/mol. The topological polar surface area (TPSA) is 46.9 Å². The maximum absolute atomic E-state index is 11.9. The molecule has 0 saturated carbocycles. The van der Waals surface area contributed by atoms with Gasteiger partial charge in [-0.25, -0.2) is 0 Å². The number of amides is 1. The molecule has 0 aliphatic rings. The molecule has 1 heterocycles. The van der Waals surface area contributed by atoms with Crippen LogP contribution in [0.2, 0.25) is 0 Å². The SMILES string of the molecule is Cc1cc(C)n(CC(=O)N[C@@H](C)CCC(C)C)n1. The molecule has 4 heteroatoms. The predicted octanol–water partition coefficient (Wildman–Crippen LogP) is 2.44. The Morgan fingerprint density at radius 2 is 2.00 bits per heavy atom. The van der Waals surface area contributed by atoms with E-state index in [-0.39, 0.29) is 11.9 Å². The summed E-state index contributed by atoms with van der Waals surface area (Å²) in [4.78, 5) is 11.9. The summed E-state index contributed by atoms with van der Waals surface area (Å²) < 4.78 is 1.75. The molecular formula is C14H25N3O. The number of hydrogen-bond donors (Lipinski definition) is 1. The van der Waals surface area contributed by atoms with Crippen molar-refractivity contribution in [3.8, 4) is 0 Å². The summed E-state index contributed by atoms with van der Waals surface area (Å²) in [6.45, 7) is 10.7. The summed E-state index contributed by atoms with van der Waals surface area (Å²) in [6.07, 6.45) is 2.17. The van der Waals surface area contributed by atoms with E-state index in [0.717, 1.165) is 24.2 Å². The second-order valence-corrected chi connectivity index (χ2v) is 5.52. The largest absolute Gasteiger partial charge is 0.352 e. The molecule has 0 bridgehead atoms. The van der Waals surface area contributed by atoms with Gasteiger partial charge in [0.05, 0.1) is 5.69 Å². The molecule has 1 atom stereocenters. The molecule has 4 nitrogen and oxygen atoms in total. The Hall–Kier alpha value is -1.32. The molecule has 1 N–H and O–H groups in total. The Morgan fingerprint density at radius 1 is 1.33 bits per heavy atom. The fourth-order valence-electron chi connectivity index (χ4n) is 1.95. The zero-order valence-electron chi connectivity index (χ0n) is 12.2. The molecule has 1 aromatic rings. The van der Waals surface area contributed by atoms with Crippen LogP contribution in [-0.4, -0.2) is 21.7 Å². The number of nitrogens with zero attached hydrogens (tertiary/aromatic N) is 2. The third-order valence-electron chi connectivity index (χ3n) is 2.98. The van der Waals surface area contributed by atoms with E-state index in [9.17, 15) is 4.79 Å². The van der Waals surface area contributed by atoms with Gasteiger partial charge in [-0.05, 0) is 45.6 Å². The Morgan fingerprint density at radius 3 is 2.50 bits per heavy atom. The van der Waals surface area contributed by atoms with Gasteiger partial charge >= 0.3 is 0 Å². The molecule has 0 aromatic carbocycles. The van der Waals surface area contributed by atoms with Crippen molar-refractivity contribution in [2.75, 3.05) is 0 Å². The smallest absolute Gasteiger partial charge is 0.241 e. The maximum atomic E-state index is 11.9. The number of hydrogen-bond acceptors (Lipinski definition) is 2. The highest BCUT2D eigenvalue weighted by Crippen LogP contribution is 2.06. The first-order valence-electron chi connectivity index (χ1n) is 6.69. The number of aryl methyl sites for hydroxylation is 2. The van der Waals surface area contributed by atoms with Gasteiger partial charge in [-0.2, -0.15) is 5.10 Å². The molecule has 0 saturated heterocycles. The van der Waals surface area contributed by atoms with Crippen LogP contribution in [0.3, 0.4) is 0 Å². The van der Waals surface area contributed by atoms with Crippen LogP contribution in [0.1, 0.15) is 45.0 Å². The molecule has 1 amide bonds.